The Bertz CT molecular complexity index is 1570. The molecule has 2 aromatic heterocycles. The molecule has 0 aliphatic carbocycles. The number of amidine groups is 2. The van der Waals surface area contributed by atoms with E-state index in [-0.39, 0.29) is 0 Å². The molecule has 0 fully saturated rings. The highest BCUT2D eigenvalue weighted by molar-refractivity contribution is 5.99. The Labute approximate surface area is 230 Å². The Balaban J connectivity index is 1.45. The molecule has 3 heterocycles. The first-order valence-electron chi connectivity index (χ1n) is 12.9. The second kappa shape index (κ2) is 11.3. The highest BCUT2D eigenvalue weighted by atomic mass is 19.4. The fourth-order valence-corrected chi connectivity index (χ4v) is 4.49. The van der Waals surface area contributed by atoms with Gasteiger partial charge in [-0.25, -0.2) is 9.98 Å². The summed E-state index contributed by atoms with van der Waals surface area (Å²) in [6, 6.07) is 20.3. The van der Waals surface area contributed by atoms with E-state index in [1.54, 1.807) is 19.1 Å². The Kier molecular flexibility index (Phi) is 7.59. The molecule has 3 N–H and O–H groups in total. The number of fused-ring (bicyclic) bond motifs is 1. The Morgan fingerprint density at radius 2 is 1.82 bits per heavy atom. The van der Waals surface area contributed by atoms with E-state index >= 15 is 0 Å². The maximum Gasteiger partial charge on any atom is 0.416 e. The van der Waals surface area contributed by atoms with Gasteiger partial charge in [0.1, 0.15) is 17.4 Å². The maximum absolute atomic E-state index is 13.3. The molecule has 206 valence electrons. The molecule has 0 spiro atoms. The van der Waals surface area contributed by atoms with Gasteiger partial charge in [0.05, 0.1) is 35.0 Å². The molecule has 0 radical (unpaired) electrons. The molecule has 1 aliphatic heterocycles. The van der Waals surface area contributed by atoms with Crippen LogP contribution in [0.4, 0.5) is 30.4 Å². The van der Waals surface area contributed by atoms with Gasteiger partial charge in [0.25, 0.3) is 0 Å². The number of hydrogen-bond donors (Lipinski definition) is 2. The number of nitrogens with two attached hydrogens (primary N) is 1. The lowest BCUT2D eigenvalue weighted by Gasteiger charge is -2.23. The van der Waals surface area contributed by atoms with Crippen LogP contribution >= 0.6 is 0 Å². The van der Waals surface area contributed by atoms with E-state index < -0.39 is 11.7 Å². The number of alkyl halides is 3. The number of anilines is 2. The van der Waals surface area contributed by atoms with Crippen molar-refractivity contribution in [2.24, 2.45) is 15.7 Å². The predicted octanol–water partition coefficient (Wildman–Crippen LogP) is 7.28. The molecule has 0 atom stereocenters. The van der Waals surface area contributed by atoms with Crippen LogP contribution in [0.3, 0.4) is 0 Å². The summed E-state index contributed by atoms with van der Waals surface area (Å²) in [5, 5.41) is 3.37. The first kappa shape index (κ1) is 27.0. The van der Waals surface area contributed by atoms with E-state index in [4.69, 9.17) is 20.1 Å². The zero-order valence-corrected chi connectivity index (χ0v) is 22.2. The largest absolute Gasteiger partial charge is 0.459 e. The van der Waals surface area contributed by atoms with Gasteiger partial charge in [0.2, 0.25) is 0 Å². The molecule has 10 heteroatoms. The topological polar surface area (TPSA) is 92.0 Å². The van der Waals surface area contributed by atoms with Gasteiger partial charge in [-0.2, -0.15) is 13.2 Å². The molecule has 4 aromatic rings. The monoisotopic (exact) mass is 546 g/mol. The van der Waals surface area contributed by atoms with Gasteiger partial charge in [0, 0.05) is 24.2 Å². The molecule has 0 saturated carbocycles. The number of rotatable bonds is 5. The molecule has 0 saturated heterocycles. The van der Waals surface area contributed by atoms with Gasteiger partial charge in [0.15, 0.2) is 5.82 Å². The number of pyridine rings is 1. The van der Waals surface area contributed by atoms with Crippen molar-refractivity contribution >= 4 is 28.9 Å². The van der Waals surface area contributed by atoms with Gasteiger partial charge in [-0.3, -0.25) is 4.99 Å². The minimum Gasteiger partial charge on any atom is -0.459 e. The van der Waals surface area contributed by atoms with Crippen LogP contribution in [0.25, 0.3) is 22.6 Å². The van der Waals surface area contributed by atoms with Crippen molar-refractivity contribution in [1.82, 2.24) is 4.98 Å². The molecule has 40 heavy (non-hydrogen) atoms. The van der Waals surface area contributed by atoms with E-state index in [1.165, 1.54) is 6.07 Å². The van der Waals surface area contributed by atoms with Crippen molar-refractivity contribution in [3.05, 3.63) is 84.1 Å². The number of nitrogens with one attached hydrogen (secondary N) is 1. The zero-order chi connectivity index (χ0) is 28.3. The van der Waals surface area contributed by atoms with Crippen molar-refractivity contribution in [1.29, 1.82) is 0 Å². The van der Waals surface area contributed by atoms with E-state index in [0.29, 0.717) is 53.4 Å². The summed E-state index contributed by atoms with van der Waals surface area (Å²) in [5.74, 6) is 3.24. The minimum atomic E-state index is -4.43. The first-order chi connectivity index (χ1) is 19.2. The number of furan rings is 1. The van der Waals surface area contributed by atoms with Crippen LogP contribution in [0, 0.1) is 0 Å². The molecular formula is C30H29F3N6O. The molecule has 0 amide bonds. The number of nitrogens with zero attached hydrogens (tertiary/aromatic N) is 4. The zero-order valence-electron chi connectivity index (χ0n) is 22.2. The minimum absolute atomic E-state index is 0.372. The normalized spacial score (nSPS) is 14.5. The van der Waals surface area contributed by atoms with Gasteiger partial charge in [-0.1, -0.05) is 24.3 Å². The van der Waals surface area contributed by atoms with Gasteiger partial charge in [-0.15, -0.1) is 0 Å². The Hall–Kier alpha value is -4.60. The number of halogens is 3. The average molecular weight is 547 g/mol. The summed E-state index contributed by atoms with van der Waals surface area (Å²) in [5.41, 5.74) is 8.17. The highest BCUT2D eigenvalue weighted by Crippen LogP contribution is 2.35. The van der Waals surface area contributed by atoms with E-state index in [2.05, 4.69) is 10.3 Å². The molecule has 0 bridgehead atoms. The smallest absolute Gasteiger partial charge is 0.416 e. The summed E-state index contributed by atoms with van der Waals surface area (Å²) in [6.07, 6.45) is -3.59. The molecule has 1 aliphatic rings. The standard InChI is InChI=1S/C30H29F3N6O/c1-19(34)36-18-25-10-13-28(40-25)22-7-4-9-24(17-22)37-20(2)39-15-5-14-35-27-12-11-26(38-29(27)39)21-6-3-8-23(16-21)30(31,32)33/h3-4,6-13,16-17,35H,5,14-15,18H2,1-2H3,(H2,34,36). The lowest BCUT2D eigenvalue weighted by Crippen LogP contribution is -2.30. The quantitative estimate of drug-likeness (QED) is 0.203. The molecule has 0 unspecified atom stereocenters. The second-order valence-electron chi connectivity index (χ2n) is 9.51. The third-order valence-corrected chi connectivity index (χ3v) is 6.45. The summed E-state index contributed by atoms with van der Waals surface area (Å²) < 4.78 is 45.9. The first-order valence-corrected chi connectivity index (χ1v) is 12.9. The molecular weight excluding hydrogens is 517 g/mol. The Morgan fingerprint density at radius 1 is 1.02 bits per heavy atom. The van der Waals surface area contributed by atoms with E-state index in [0.717, 1.165) is 42.0 Å². The second-order valence-corrected chi connectivity index (χ2v) is 9.51. The van der Waals surface area contributed by atoms with Crippen LogP contribution in [-0.4, -0.2) is 29.7 Å². The van der Waals surface area contributed by atoms with E-state index in [1.807, 2.05) is 54.3 Å². The predicted molar refractivity (Wildman–Crippen MR) is 153 cm³/mol. The van der Waals surface area contributed by atoms with E-state index in [9.17, 15) is 13.2 Å². The van der Waals surface area contributed by atoms with Gasteiger partial charge in [-0.05, 0) is 68.8 Å². The van der Waals surface area contributed by atoms with Crippen LogP contribution in [0.1, 0.15) is 31.6 Å². The lowest BCUT2D eigenvalue weighted by atomic mass is 10.1. The number of aliphatic imine (C=N–C) groups is 2. The van der Waals surface area contributed by atoms with Crippen LogP contribution in [0.15, 0.2) is 87.2 Å². The fourth-order valence-electron chi connectivity index (χ4n) is 4.49. The summed E-state index contributed by atoms with van der Waals surface area (Å²) in [4.78, 5) is 15.8. The van der Waals surface area contributed by atoms with Crippen molar-refractivity contribution in [3.8, 4) is 22.6 Å². The fraction of sp³-hybridized carbons (Fsp3) is 0.233. The third-order valence-electron chi connectivity index (χ3n) is 6.45. The summed E-state index contributed by atoms with van der Waals surface area (Å²) >= 11 is 0. The van der Waals surface area contributed by atoms with Crippen LogP contribution in [0.5, 0.6) is 0 Å². The van der Waals surface area contributed by atoms with Gasteiger partial charge >= 0.3 is 6.18 Å². The van der Waals surface area contributed by atoms with Gasteiger partial charge < -0.3 is 20.4 Å². The third kappa shape index (κ3) is 6.17. The van der Waals surface area contributed by atoms with Crippen LogP contribution in [0.2, 0.25) is 0 Å². The van der Waals surface area contributed by atoms with Crippen LogP contribution < -0.4 is 16.0 Å². The maximum atomic E-state index is 13.3. The van der Waals surface area contributed by atoms with Crippen molar-refractivity contribution < 1.29 is 17.6 Å². The summed E-state index contributed by atoms with van der Waals surface area (Å²) in [7, 11) is 0. The number of hydrogen-bond acceptors (Lipinski definition) is 5. The van der Waals surface area contributed by atoms with Crippen LogP contribution in [-0.2, 0) is 12.7 Å². The molecule has 2 aromatic carbocycles. The average Bonchev–Trinajstić information content (AvgIpc) is 3.31. The number of benzene rings is 2. The Morgan fingerprint density at radius 3 is 2.62 bits per heavy atom. The van der Waals surface area contributed by atoms with Crippen molar-refractivity contribution in [2.45, 2.75) is 33.0 Å². The molecule has 7 nitrogen and oxygen atoms in total. The summed E-state index contributed by atoms with van der Waals surface area (Å²) in [6.45, 7) is 5.39. The lowest BCUT2D eigenvalue weighted by molar-refractivity contribution is -0.137. The number of aromatic nitrogens is 1. The molecule has 5 rings (SSSR count). The van der Waals surface area contributed by atoms with Crippen molar-refractivity contribution in [3.63, 3.8) is 0 Å². The van der Waals surface area contributed by atoms with Crippen molar-refractivity contribution in [2.75, 3.05) is 23.3 Å². The SMILES string of the molecule is CC(N)=NCc1ccc(-c2cccc(N=C(C)N3CCCNc4ccc(-c5cccc(C(F)(F)F)c5)nc43)c2)o1. The highest BCUT2D eigenvalue weighted by Gasteiger charge is 2.30.